The molecular weight excluding hydrogens is 252 g/mol. The molecule has 108 valence electrons. The van der Waals surface area contributed by atoms with Crippen LogP contribution in [-0.4, -0.2) is 57.4 Å². The number of aromatic nitrogens is 4. The van der Waals surface area contributed by atoms with Crippen molar-refractivity contribution in [2.45, 2.75) is 13.8 Å². The molecule has 0 spiro atoms. The number of hydrogen-bond acceptors (Lipinski definition) is 5. The Morgan fingerprint density at radius 1 is 1.15 bits per heavy atom. The van der Waals surface area contributed by atoms with E-state index in [9.17, 15) is 0 Å². The van der Waals surface area contributed by atoms with E-state index in [1.807, 2.05) is 13.2 Å². The fraction of sp³-hybridized carbons (Fsp3) is 0.643. The standard InChI is InChI=1S/C14H22N6/c1-11(2)9-19-4-6-20(7-5-19)14-12-8-17-18(3)13(12)15-10-16-14/h8,10-11H,4-7,9H2,1-3H3. The van der Waals surface area contributed by atoms with Gasteiger partial charge in [-0.15, -0.1) is 0 Å². The first-order chi connectivity index (χ1) is 9.65. The summed E-state index contributed by atoms with van der Waals surface area (Å²) >= 11 is 0. The smallest absolute Gasteiger partial charge is 0.163 e. The van der Waals surface area contributed by atoms with Gasteiger partial charge in [-0.25, -0.2) is 9.97 Å². The van der Waals surface area contributed by atoms with Crippen LogP contribution < -0.4 is 4.90 Å². The van der Waals surface area contributed by atoms with Crippen molar-refractivity contribution in [3.05, 3.63) is 12.5 Å². The molecule has 0 atom stereocenters. The highest BCUT2D eigenvalue weighted by Gasteiger charge is 2.21. The molecule has 1 aliphatic rings. The largest absolute Gasteiger partial charge is 0.353 e. The summed E-state index contributed by atoms with van der Waals surface area (Å²) in [5.41, 5.74) is 0.902. The highest BCUT2D eigenvalue weighted by Crippen LogP contribution is 2.23. The third kappa shape index (κ3) is 2.47. The van der Waals surface area contributed by atoms with Crippen LogP contribution in [0.3, 0.4) is 0 Å². The molecule has 3 rings (SSSR count). The van der Waals surface area contributed by atoms with Crippen molar-refractivity contribution in [1.29, 1.82) is 0 Å². The van der Waals surface area contributed by atoms with Crippen LogP contribution in [0, 0.1) is 5.92 Å². The van der Waals surface area contributed by atoms with Crippen LogP contribution in [0.4, 0.5) is 5.82 Å². The van der Waals surface area contributed by atoms with Gasteiger partial charge in [-0.2, -0.15) is 5.10 Å². The van der Waals surface area contributed by atoms with E-state index in [1.165, 1.54) is 6.54 Å². The first-order valence-corrected chi connectivity index (χ1v) is 7.25. The van der Waals surface area contributed by atoms with Crippen LogP contribution in [0.25, 0.3) is 11.0 Å². The van der Waals surface area contributed by atoms with Gasteiger partial charge in [-0.05, 0) is 5.92 Å². The first-order valence-electron chi connectivity index (χ1n) is 7.25. The Morgan fingerprint density at radius 2 is 1.90 bits per heavy atom. The van der Waals surface area contributed by atoms with Gasteiger partial charge in [0.25, 0.3) is 0 Å². The van der Waals surface area contributed by atoms with Crippen LogP contribution in [0.5, 0.6) is 0 Å². The van der Waals surface area contributed by atoms with Crippen LogP contribution in [-0.2, 0) is 7.05 Å². The molecular formula is C14H22N6. The first kappa shape index (κ1) is 13.3. The number of rotatable bonds is 3. The third-order valence-corrected chi connectivity index (χ3v) is 3.80. The fourth-order valence-electron chi connectivity index (χ4n) is 2.86. The van der Waals surface area contributed by atoms with E-state index in [1.54, 1.807) is 11.0 Å². The topological polar surface area (TPSA) is 50.1 Å². The van der Waals surface area contributed by atoms with Gasteiger partial charge < -0.3 is 4.90 Å². The molecule has 3 heterocycles. The van der Waals surface area contributed by atoms with Gasteiger partial charge in [0, 0.05) is 39.8 Å². The zero-order chi connectivity index (χ0) is 14.1. The van der Waals surface area contributed by atoms with Crippen molar-refractivity contribution in [1.82, 2.24) is 24.6 Å². The Hall–Kier alpha value is -1.69. The maximum absolute atomic E-state index is 4.47. The average Bonchev–Trinajstić information content (AvgIpc) is 2.81. The maximum Gasteiger partial charge on any atom is 0.163 e. The second-order valence-corrected chi connectivity index (χ2v) is 5.88. The third-order valence-electron chi connectivity index (χ3n) is 3.80. The summed E-state index contributed by atoms with van der Waals surface area (Å²) in [6.45, 7) is 9.97. The van der Waals surface area contributed by atoms with E-state index in [-0.39, 0.29) is 0 Å². The van der Waals surface area contributed by atoms with Crippen LogP contribution in [0.2, 0.25) is 0 Å². The van der Waals surface area contributed by atoms with E-state index in [0.29, 0.717) is 0 Å². The molecule has 0 N–H and O–H groups in total. The Morgan fingerprint density at radius 3 is 2.60 bits per heavy atom. The lowest BCUT2D eigenvalue weighted by atomic mass is 10.2. The second-order valence-electron chi connectivity index (χ2n) is 5.88. The van der Waals surface area contributed by atoms with Crippen LogP contribution in [0.15, 0.2) is 12.5 Å². The summed E-state index contributed by atoms with van der Waals surface area (Å²) in [5, 5.41) is 5.33. The van der Waals surface area contributed by atoms with E-state index < -0.39 is 0 Å². The van der Waals surface area contributed by atoms with Gasteiger partial charge in [0.2, 0.25) is 0 Å². The van der Waals surface area contributed by atoms with E-state index in [2.05, 4.69) is 38.7 Å². The lowest BCUT2D eigenvalue weighted by molar-refractivity contribution is 0.231. The van der Waals surface area contributed by atoms with Crippen molar-refractivity contribution in [3.63, 3.8) is 0 Å². The van der Waals surface area contributed by atoms with Crippen molar-refractivity contribution in [2.24, 2.45) is 13.0 Å². The van der Waals surface area contributed by atoms with Gasteiger partial charge in [0.15, 0.2) is 5.65 Å². The molecule has 0 unspecified atom stereocenters. The lowest BCUT2D eigenvalue weighted by Gasteiger charge is -2.36. The average molecular weight is 274 g/mol. The zero-order valence-electron chi connectivity index (χ0n) is 12.5. The fourth-order valence-corrected chi connectivity index (χ4v) is 2.86. The van der Waals surface area contributed by atoms with E-state index in [4.69, 9.17) is 0 Å². The van der Waals surface area contributed by atoms with Crippen molar-refractivity contribution in [3.8, 4) is 0 Å². The molecule has 6 nitrogen and oxygen atoms in total. The van der Waals surface area contributed by atoms with Gasteiger partial charge >= 0.3 is 0 Å². The molecule has 1 aliphatic heterocycles. The second kappa shape index (κ2) is 5.36. The van der Waals surface area contributed by atoms with Crippen LogP contribution >= 0.6 is 0 Å². The normalized spacial score (nSPS) is 17.3. The molecule has 1 fully saturated rings. The minimum absolute atomic E-state index is 0.727. The minimum atomic E-state index is 0.727. The summed E-state index contributed by atoms with van der Waals surface area (Å²) in [4.78, 5) is 13.7. The van der Waals surface area contributed by atoms with Gasteiger partial charge in [-0.3, -0.25) is 9.58 Å². The number of anilines is 1. The molecule has 0 radical (unpaired) electrons. The monoisotopic (exact) mass is 274 g/mol. The van der Waals surface area contributed by atoms with Gasteiger partial charge in [0.05, 0.1) is 11.6 Å². The summed E-state index contributed by atoms with van der Waals surface area (Å²) < 4.78 is 1.80. The number of fused-ring (bicyclic) bond motifs is 1. The molecule has 0 saturated carbocycles. The van der Waals surface area contributed by atoms with Crippen LogP contribution in [0.1, 0.15) is 13.8 Å². The van der Waals surface area contributed by atoms with E-state index >= 15 is 0 Å². The Bertz CT molecular complexity index is 582. The number of aryl methyl sites for hydroxylation is 1. The van der Waals surface area contributed by atoms with Gasteiger partial charge in [0.1, 0.15) is 12.1 Å². The predicted octanol–water partition coefficient (Wildman–Crippen LogP) is 1.14. The number of nitrogens with zero attached hydrogens (tertiary/aromatic N) is 6. The highest BCUT2D eigenvalue weighted by molar-refractivity contribution is 5.86. The predicted molar refractivity (Wildman–Crippen MR) is 79.8 cm³/mol. The number of piperazine rings is 1. The zero-order valence-corrected chi connectivity index (χ0v) is 12.5. The lowest BCUT2D eigenvalue weighted by Crippen LogP contribution is -2.47. The van der Waals surface area contributed by atoms with Crippen molar-refractivity contribution >= 4 is 16.9 Å². The highest BCUT2D eigenvalue weighted by atomic mass is 15.3. The number of hydrogen-bond donors (Lipinski definition) is 0. The van der Waals surface area contributed by atoms with Crippen molar-refractivity contribution < 1.29 is 0 Å². The SMILES string of the molecule is CC(C)CN1CCN(c2ncnc3c2cnn3C)CC1. The molecule has 20 heavy (non-hydrogen) atoms. The summed E-state index contributed by atoms with van der Waals surface area (Å²) in [5.74, 6) is 1.75. The molecule has 2 aromatic heterocycles. The molecule has 1 saturated heterocycles. The molecule has 0 aliphatic carbocycles. The summed E-state index contributed by atoms with van der Waals surface area (Å²) in [6.07, 6.45) is 3.50. The molecule has 2 aromatic rings. The van der Waals surface area contributed by atoms with E-state index in [0.717, 1.165) is 48.9 Å². The Labute approximate surface area is 119 Å². The molecule has 0 bridgehead atoms. The Balaban J connectivity index is 1.77. The molecule has 6 heteroatoms. The Kier molecular flexibility index (Phi) is 3.56. The minimum Gasteiger partial charge on any atom is -0.353 e. The molecule has 0 amide bonds. The maximum atomic E-state index is 4.47. The molecule has 0 aromatic carbocycles. The quantitative estimate of drug-likeness (QED) is 0.840. The van der Waals surface area contributed by atoms with Crippen molar-refractivity contribution in [2.75, 3.05) is 37.6 Å². The summed E-state index contributed by atoms with van der Waals surface area (Å²) in [7, 11) is 1.92. The summed E-state index contributed by atoms with van der Waals surface area (Å²) in [6, 6.07) is 0. The van der Waals surface area contributed by atoms with Gasteiger partial charge in [-0.1, -0.05) is 13.8 Å².